The third kappa shape index (κ3) is 4.43. The summed E-state index contributed by atoms with van der Waals surface area (Å²) in [5, 5.41) is 1.10. The Morgan fingerprint density at radius 3 is 2.64 bits per heavy atom. The monoisotopic (exact) mass is 398 g/mol. The number of para-hydroxylation sites is 2. The number of ether oxygens (including phenoxy) is 2. The predicted molar refractivity (Wildman–Crippen MR) is 111 cm³/mol. The first-order valence-corrected chi connectivity index (χ1v) is 9.91. The molecule has 0 atom stereocenters. The largest absolute Gasteiger partial charge is 0.496 e. The SMILES string of the molecule is COCCCn1c(SCC(=O)c2ccccc2OC)nc2ccccc2c1=O. The van der Waals surface area contributed by atoms with Crippen molar-refractivity contribution >= 4 is 28.4 Å². The van der Waals surface area contributed by atoms with E-state index in [1.807, 2.05) is 24.3 Å². The maximum atomic E-state index is 12.9. The number of thioether (sulfide) groups is 1. The number of nitrogens with zero attached hydrogens (tertiary/aromatic N) is 2. The van der Waals surface area contributed by atoms with Crippen molar-refractivity contribution in [3.05, 3.63) is 64.4 Å². The van der Waals surface area contributed by atoms with Crippen LogP contribution in [0.1, 0.15) is 16.8 Å². The first-order chi connectivity index (χ1) is 13.7. The third-order valence-electron chi connectivity index (χ3n) is 4.30. The Bertz CT molecular complexity index is 1030. The number of Topliss-reactive ketones (excluding diaryl/α,β-unsaturated/α-hetero) is 1. The second-order valence-electron chi connectivity index (χ2n) is 6.13. The van der Waals surface area contributed by atoms with E-state index >= 15 is 0 Å². The molecule has 7 heteroatoms. The van der Waals surface area contributed by atoms with Crippen molar-refractivity contribution in [3.8, 4) is 5.75 Å². The second kappa shape index (κ2) is 9.52. The molecule has 0 bridgehead atoms. The number of fused-ring (bicyclic) bond motifs is 1. The minimum Gasteiger partial charge on any atom is -0.496 e. The topological polar surface area (TPSA) is 70.4 Å². The molecule has 1 aromatic heterocycles. The molecule has 0 amide bonds. The van der Waals surface area contributed by atoms with Gasteiger partial charge in [-0.2, -0.15) is 0 Å². The molecule has 0 aliphatic carbocycles. The zero-order chi connectivity index (χ0) is 19.9. The lowest BCUT2D eigenvalue weighted by Crippen LogP contribution is -2.24. The molecule has 0 radical (unpaired) electrons. The summed E-state index contributed by atoms with van der Waals surface area (Å²) in [6.45, 7) is 1.03. The van der Waals surface area contributed by atoms with Gasteiger partial charge in [0.05, 0.1) is 29.3 Å². The molecule has 3 rings (SSSR count). The van der Waals surface area contributed by atoms with E-state index in [2.05, 4.69) is 4.98 Å². The van der Waals surface area contributed by atoms with Gasteiger partial charge in [0.15, 0.2) is 10.9 Å². The summed E-state index contributed by atoms with van der Waals surface area (Å²) in [4.78, 5) is 30.2. The number of methoxy groups -OCH3 is 2. The Balaban J connectivity index is 1.89. The van der Waals surface area contributed by atoms with Crippen molar-refractivity contribution in [2.75, 3.05) is 26.6 Å². The van der Waals surface area contributed by atoms with Crippen LogP contribution in [0.2, 0.25) is 0 Å². The molecule has 0 fully saturated rings. The van der Waals surface area contributed by atoms with E-state index in [4.69, 9.17) is 9.47 Å². The number of rotatable bonds is 9. The number of hydrogen-bond acceptors (Lipinski definition) is 6. The molecule has 146 valence electrons. The van der Waals surface area contributed by atoms with E-state index in [1.165, 1.54) is 18.9 Å². The zero-order valence-electron chi connectivity index (χ0n) is 15.9. The van der Waals surface area contributed by atoms with E-state index < -0.39 is 0 Å². The quantitative estimate of drug-likeness (QED) is 0.238. The average molecular weight is 398 g/mol. The molecule has 0 aliphatic heterocycles. The minimum absolute atomic E-state index is 0.0756. The minimum atomic E-state index is -0.103. The Morgan fingerprint density at radius 2 is 1.86 bits per heavy atom. The standard InChI is InChI=1S/C21H22N2O4S/c1-26-13-7-12-23-20(25)15-8-3-5-10-17(15)22-21(23)28-14-18(24)16-9-4-6-11-19(16)27-2/h3-6,8-11H,7,12-14H2,1-2H3. The molecule has 28 heavy (non-hydrogen) atoms. The average Bonchev–Trinajstić information content (AvgIpc) is 2.73. The van der Waals surface area contributed by atoms with Crippen LogP contribution in [-0.4, -0.2) is 41.9 Å². The van der Waals surface area contributed by atoms with Crippen molar-refractivity contribution in [3.63, 3.8) is 0 Å². The number of benzene rings is 2. The van der Waals surface area contributed by atoms with Crippen molar-refractivity contribution in [2.24, 2.45) is 0 Å². The normalized spacial score (nSPS) is 10.9. The molecule has 6 nitrogen and oxygen atoms in total. The van der Waals surface area contributed by atoms with E-state index in [1.54, 1.807) is 35.9 Å². The summed E-state index contributed by atoms with van der Waals surface area (Å²) in [6, 6.07) is 14.4. The maximum absolute atomic E-state index is 12.9. The Labute approximate surface area is 167 Å². The van der Waals surface area contributed by atoms with Crippen LogP contribution in [0.15, 0.2) is 58.5 Å². The molecule has 0 spiro atoms. The summed E-state index contributed by atoms with van der Waals surface area (Å²) in [7, 11) is 3.17. The summed E-state index contributed by atoms with van der Waals surface area (Å²) >= 11 is 1.26. The van der Waals surface area contributed by atoms with Crippen LogP contribution in [-0.2, 0) is 11.3 Å². The lowest BCUT2D eigenvalue weighted by atomic mass is 10.1. The zero-order valence-corrected chi connectivity index (χ0v) is 16.7. The van der Waals surface area contributed by atoms with Gasteiger partial charge in [-0.1, -0.05) is 36.0 Å². The fourth-order valence-electron chi connectivity index (χ4n) is 2.90. The number of carbonyl (C=O) groups excluding carboxylic acids is 1. The highest BCUT2D eigenvalue weighted by atomic mass is 32.2. The number of aromatic nitrogens is 2. The molecular weight excluding hydrogens is 376 g/mol. The summed E-state index contributed by atoms with van der Waals surface area (Å²) in [5.41, 5.74) is 1.04. The van der Waals surface area contributed by atoms with Crippen LogP contribution in [0.25, 0.3) is 10.9 Å². The highest BCUT2D eigenvalue weighted by molar-refractivity contribution is 7.99. The van der Waals surface area contributed by atoms with Crippen molar-refractivity contribution < 1.29 is 14.3 Å². The van der Waals surface area contributed by atoms with Crippen LogP contribution in [0, 0.1) is 0 Å². The van der Waals surface area contributed by atoms with Gasteiger partial charge in [0, 0.05) is 20.3 Å². The molecular formula is C21H22N2O4S. The van der Waals surface area contributed by atoms with Gasteiger partial charge in [-0.3, -0.25) is 14.2 Å². The first-order valence-electron chi connectivity index (χ1n) is 8.93. The number of hydrogen-bond donors (Lipinski definition) is 0. The number of ketones is 1. The van der Waals surface area contributed by atoms with Crippen molar-refractivity contribution in [1.82, 2.24) is 9.55 Å². The predicted octanol–water partition coefficient (Wildman–Crippen LogP) is 3.42. The van der Waals surface area contributed by atoms with Gasteiger partial charge in [-0.05, 0) is 30.7 Å². The van der Waals surface area contributed by atoms with Gasteiger partial charge >= 0.3 is 0 Å². The summed E-state index contributed by atoms with van der Waals surface area (Å²) < 4.78 is 12.0. The molecule has 0 saturated carbocycles. The fourth-order valence-corrected chi connectivity index (χ4v) is 3.81. The second-order valence-corrected chi connectivity index (χ2v) is 7.07. The Kier molecular flexibility index (Phi) is 6.84. The lowest BCUT2D eigenvalue weighted by Gasteiger charge is -2.13. The molecule has 0 saturated heterocycles. The van der Waals surface area contributed by atoms with E-state index in [0.717, 1.165) is 0 Å². The van der Waals surface area contributed by atoms with E-state index in [9.17, 15) is 9.59 Å². The van der Waals surface area contributed by atoms with Gasteiger partial charge in [-0.25, -0.2) is 4.98 Å². The fraction of sp³-hybridized carbons (Fsp3) is 0.286. The van der Waals surface area contributed by atoms with Gasteiger partial charge in [0.1, 0.15) is 5.75 Å². The van der Waals surface area contributed by atoms with Crippen molar-refractivity contribution in [1.29, 1.82) is 0 Å². The molecule has 0 unspecified atom stereocenters. The van der Waals surface area contributed by atoms with Crippen molar-refractivity contribution in [2.45, 2.75) is 18.1 Å². The molecule has 2 aromatic carbocycles. The molecule has 3 aromatic rings. The molecule has 0 aliphatic rings. The van der Waals surface area contributed by atoms with Gasteiger partial charge < -0.3 is 9.47 Å². The number of carbonyl (C=O) groups is 1. The van der Waals surface area contributed by atoms with E-state index in [-0.39, 0.29) is 17.1 Å². The summed E-state index contributed by atoms with van der Waals surface area (Å²) in [6.07, 6.45) is 0.685. The molecule has 0 N–H and O–H groups in total. The Morgan fingerprint density at radius 1 is 1.11 bits per heavy atom. The van der Waals surface area contributed by atoms with Crippen LogP contribution in [0.4, 0.5) is 0 Å². The maximum Gasteiger partial charge on any atom is 0.262 e. The van der Waals surface area contributed by atoms with Crippen LogP contribution in [0.3, 0.4) is 0 Å². The highest BCUT2D eigenvalue weighted by Crippen LogP contribution is 2.23. The van der Waals surface area contributed by atoms with Gasteiger partial charge in [0.2, 0.25) is 0 Å². The van der Waals surface area contributed by atoms with Gasteiger partial charge in [-0.15, -0.1) is 0 Å². The van der Waals surface area contributed by atoms with E-state index in [0.29, 0.717) is 46.9 Å². The third-order valence-corrected chi connectivity index (χ3v) is 5.27. The van der Waals surface area contributed by atoms with Crippen LogP contribution < -0.4 is 10.3 Å². The summed E-state index contributed by atoms with van der Waals surface area (Å²) in [5.74, 6) is 0.625. The smallest absolute Gasteiger partial charge is 0.262 e. The molecule has 1 heterocycles. The van der Waals surface area contributed by atoms with Gasteiger partial charge in [0.25, 0.3) is 5.56 Å². The van der Waals surface area contributed by atoms with Crippen LogP contribution >= 0.6 is 11.8 Å². The Hall–Kier alpha value is -2.64. The highest BCUT2D eigenvalue weighted by Gasteiger charge is 2.16. The first kappa shape index (κ1) is 20.1. The van der Waals surface area contributed by atoms with Crippen LogP contribution in [0.5, 0.6) is 5.75 Å². The lowest BCUT2D eigenvalue weighted by molar-refractivity contribution is 0.101.